The second kappa shape index (κ2) is 7.06. The van der Waals surface area contributed by atoms with Gasteiger partial charge in [0.15, 0.2) is 5.82 Å². The van der Waals surface area contributed by atoms with E-state index >= 15 is 0 Å². The van der Waals surface area contributed by atoms with E-state index in [9.17, 15) is 0 Å². The number of nitrogens with zero attached hydrogens (tertiary/aromatic N) is 2. The average molecular weight is 278 g/mol. The topological polar surface area (TPSA) is 73.1 Å². The van der Waals surface area contributed by atoms with Crippen molar-refractivity contribution in [3.63, 3.8) is 0 Å². The predicted molar refractivity (Wildman–Crippen MR) is 78.3 cm³/mol. The molecule has 0 radical (unpaired) electrons. The monoisotopic (exact) mass is 278 g/mol. The summed E-state index contributed by atoms with van der Waals surface area (Å²) in [5.74, 6) is 1.82. The number of nitrogens with one attached hydrogen (secondary N) is 1. The van der Waals surface area contributed by atoms with E-state index < -0.39 is 0 Å². The maximum Gasteiger partial charge on any atom is 0.158 e. The third-order valence-electron chi connectivity index (χ3n) is 2.49. The van der Waals surface area contributed by atoms with Crippen LogP contribution in [-0.2, 0) is 17.8 Å². The molecule has 5 nitrogen and oxygen atoms in total. The zero-order valence-corrected chi connectivity index (χ0v) is 11.7. The Balaban J connectivity index is 1.90. The van der Waals surface area contributed by atoms with Crippen molar-refractivity contribution < 1.29 is 4.74 Å². The van der Waals surface area contributed by atoms with Crippen LogP contribution in [0.4, 0.5) is 11.6 Å². The highest BCUT2D eigenvalue weighted by Crippen LogP contribution is 2.11. The molecule has 0 spiro atoms. The number of nitrogens with two attached hydrogens (primary N) is 1. The lowest BCUT2D eigenvalue weighted by atomic mass is 10.3. The van der Waals surface area contributed by atoms with Crippen molar-refractivity contribution in [1.29, 1.82) is 0 Å². The molecule has 0 amide bonds. The molecule has 2 heterocycles. The van der Waals surface area contributed by atoms with Crippen LogP contribution >= 0.6 is 11.3 Å². The molecule has 0 fully saturated rings. The minimum Gasteiger partial charge on any atom is -0.384 e. The fourth-order valence-corrected chi connectivity index (χ4v) is 2.34. The van der Waals surface area contributed by atoms with Crippen LogP contribution in [0.1, 0.15) is 17.6 Å². The van der Waals surface area contributed by atoms with Gasteiger partial charge in [-0.25, -0.2) is 9.97 Å². The summed E-state index contributed by atoms with van der Waals surface area (Å²) >= 11 is 1.76. The third-order valence-corrected chi connectivity index (χ3v) is 3.42. The molecular weight excluding hydrogens is 260 g/mol. The summed E-state index contributed by atoms with van der Waals surface area (Å²) in [5.41, 5.74) is 5.75. The Morgan fingerprint density at radius 3 is 3.05 bits per heavy atom. The predicted octanol–water partition coefficient (Wildman–Crippen LogP) is 2.31. The Bertz CT molecular complexity index is 501. The van der Waals surface area contributed by atoms with Crippen LogP contribution in [0.3, 0.4) is 0 Å². The normalized spacial score (nSPS) is 10.6. The Hall–Kier alpha value is -1.66. The van der Waals surface area contributed by atoms with Crippen LogP contribution in [0.2, 0.25) is 0 Å². The molecule has 19 heavy (non-hydrogen) atoms. The van der Waals surface area contributed by atoms with E-state index in [1.54, 1.807) is 17.4 Å². The summed E-state index contributed by atoms with van der Waals surface area (Å²) < 4.78 is 5.29. The first kappa shape index (κ1) is 13.8. The summed E-state index contributed by atoms with van der Waals surface area (Å²) in [6.07, 6.45) is 0.975. The van der Waals surface area contributed by atoms with Gasteiger partial charge in [0.05, 0.1) is 0 Å². The molecule has 102 valence electrons. The van der Waals surface area contributed by atoms with E-state index in [4.69, 9.17) is 10.5 Å². The van der Waals surface area contributed by atoms with Gasteiger partial charge in [0.2, 0.25) is 0 Å². The molecule has 2 aromatic heterocycles. The van der Waals surface area contributed by atoms with Crippen molar-refractivity contribution >= 4 is 23.0 Å². The van der Waals surface area contributed by atoms with Gasteiger partial charge in [0.25, 0.3) is 0 Å². The van der Waals surface area contributed by atoms with Crippen LogP contribution in [-0.4, -0.2) is 23.1 Å². The van der Waals surface area contributed by atoms with Gasteiger partial charge in [-0.05, 0) is 24.8 Å². The van der Waals surface area contributed by atoms with E-state index in [-0.39, 0.29) is 0 Å². The van der Waals surface area contributed by atoms with Crippen LogP contribution in [0, 0.1) is 0 Å². The van der Waals surface area contributed by atoms with E-state index in [1.807, 2.05) is 6.92 Å². The van der Waals surface area contributed by atoms with E-state index in [1.165, 1.54) is 4.88 Å². The zero-order chi connectivity index (χ0) is 13.5. The largest absolute Gasteiger partial charge is 0.384 e. The molecule has 6 heteroatoms. The van der Waals surface area contributed by atoms with E-state index in [0.717, 1.165) is 18.8 Å². The standard InChI is InChI=1S/C13H18N4OS/c1-2-18-9-13-16-11(14)8-12(17-13)15-6-5-10-4-3-7-19-10/h3-4,7-8H,2,5-6,9H2,1H3,(H3,14,15,16,17). The number of ether oxygens (including phenoxy) is 1. The number of hydrogen-bond acceptors (Lipinski definition) is 6. The van der Waals surface area contributed by atoms with Crippen molar-refractivity contribution in [3.05, 3.63) is 34.3 Å². The highest BCUT2D eigenvalue weighted by atomic mass is 32.1. The lowest BCUT2D eigenvalue weighted by molar-refractivity contribution is 0.128. The highest BCUT2D eigenvalue weighted by molar-refractivity contribution is 7.09. The Morgan fingerprint density at radius 1 is 1.42 bits per heavy atom. The number of thiophene rings is 1. The molecule has 3 N–H and O–H groups in total. The third kappa shape index (κ3) is 4.50. The maximum atomic E-state index is 5.75. The quantitative estimate of drug-likeness (QED) is 0.813. The lowest BCUT2D eigenvalue weighted by Crippen LogP contribution is -2.09. The Kier molecular flexibility index (Phi) is 5.11. The molecule has 0 bridgehead atoms. The minimum absolute atomic E-state index is 0.390. The van der Waals surface area contributed by atoms with Crippen molar-refractivity contribution in [2.45, 2.75) is 20.0 Å². The first-order valence-corrected chi connectivity index (χ1v) is 7.13. The van der Waals surface area contributed by atoms with Gasteiger partial charge < -0.3 is 15.8 Å². The molecule has 0 aromatic carbocycles. The second-order valence-electron chi connectivity index (χ2n) is 3.99. The number of nitrogen functional groups attached to an aromatic ring is 1. The molecular formula is C13H18N4OS. The SMILES string of the molecule is CCOCc1nc(N)cc(NCCc2cccs2)n1. The molecule has 0 aliphatic carbocycles. The molecule has 2 aromatic rings. The number of rotatable bonds is 7. The van der Waals surface area contributed by atoms with Gasteiger partial charge in [-0.3, -0.25) is 0 Å². The van der Waals surface area contributed by atoms with Crippen LogP contribution in [0.25, 0.3) is 0 Å². The highest BCUT2D eigenvalue weighted by Gasteiger charge is 2.03. The van der Waals surface area contributed by atoms with Crippen molar-refractivity contribution in [1.82, 2.24) is 9.97 Å². The van der Waals surface area contributed by atoms with Crippen LogP contribution in [0.5, 0.6) is 0 Å². The molecule has 0 saturated carbocycles. The molecule has 0 aliphatic rings. The van der Waals surface area contributed by atoms with Crippen molar-refractivity contribution in [2.75, 3.05) is 24.2 Å². The molecule has 0 unspecified atom stereocenters. The summed E-state index contributed by atoms with van der Waals surface area (Å²) in [5, 5.41) is 5.34. The summed E-state index contributed by atoms with van der Waals surface area (Å²) in [6, 6.07) is 5.92. The van der Waals surface area contributed by atoms with Gasteiger partial charge in [0, 0.05) is 24.1 Å². The zero-order valence-electron chi connectivity index (χ0n) is 10.9. The fraction of sp³-hybridized carbons (Fsp3) is 0.385. The Morgan fingerprint density at radius 2 is 2.32 bits per heavy atom. The van der Waals surface area contributed by atoms with Crippen molar-refractivity contribution in [3.8, 4) is 0 Å². The van der Waals surface area contributed by atoms with E-state index in [2.05, 4.69) is 32.8 Å². The average Bonchev–Trinajstić information content (AvgIpc) is 2.89. The molecule has 2 rings (SSSR count). The summed E-state index contributed by atoms with van der Waals surface area (Å²) in [4.78, 5) is 9.85. The van der Waals surface area contributed by atoms with Gasteiger partial charge in [-0.15, -0.1) is 11.3 Å². The molecule has 0 atom stereocenters. The molecule has 0 aliphatic heterocycles. The molecule has 0 saturated heterocycles. The maximum absolute atomic E-state index is 5.75. The second-order valence-corrected chi connectivity index (χ2v) is 5.02. The summed E-state index contributed by atoms with van der Waals surface area (Å²) in [6.45, 7) is 3.79. The first-order chi connectivity index (χ1) is 9.28. The van der Waals surface area contributed by atoms with Gasteiger partial charge in [-0.2, -0.15) is 0 Å². The van der Waals surface area contributed by atoms with Gasteiger partial charge in [0.1, 0.15) is 18.2 Å². The first-order valence-electron chi connectivity index (χ1n) is 6.25. The lowest BCUT2D eigenvalue weighted by Gasteiger charge is -2.08. The van der Waals surface area contributed by atoms with Crippen LogP contribution < -0.4 is 11.1 Å². The number of anilines is 2. The summed E-state index contributed by atoms with van der Waals surface area (Å²) in [7, 11) is 0. The minimum atomic E-state index is 0.390. The Labute approximate surface area is 116 Å². The van der Waals surface area contributed by atoms with Gasteiger partial charge >= 0.3 is 0 Å². The fourth-order valence-electron chi connectivity index (χ4n) is 1.63. The van der Waals surface area contributed by atoms with E-state index in [0.29, 0.717) is 24.9 Å². The smallest absolute Gasteiger partial charge is 0.158 e. The van der Waals surface area contributed by atoms with Crippen molar-refractivity contribution in [2.24, 2.45) is 0 Å². The van der Waals surface area contributed by atoms with Gasteiger partial charge in [-0.1, -0.05) is 6.07 Å². The number of hydrogen-bond donors (Lipinski definition) is 2. The number of aromatic nitrogens is 2. The van der Waals surface area contributed by atoms with Crippen LogP contribution in [0.15, 0.2) is 23.6 Å².